The highest BCUT2D eigenvalue weighted by atomic mass is 16.1. The van der Waals surface area contributed by atoms with E-state index in [0.717, 1.165) is 30.5 Å². The molecule has 5 nitrogen and oxygen atoms in total. The van der Waals surface area contributed by atoms with E-state index in [1.807, 2.05) is 24.0 Å². The Bertz CT molecular complexity index is 563. The molecule has 3 rings (SSSR count). The van der Waals surface area contributed by atoms with Gasteiger partial charge in [0.05, 0.1) is 17.3 Å². The second kappa shape index (κ2) is 4.40. The standard InChI is InChI=1S/C13H16N4O/c1-16-12(6-7-14-16)13-10(9-18)8-17(15-13)11-4-2-3-5-11/h6-9,11H,2-5H2,1H3. The smallest absolute Gasteiger partial charge is 0.153 e. The summed E-state index contributed by atoms with van der Waals surface area (Å²) in [6.45, 7) is 0. The normalized spacial score (nSPS) is 16.3. The molecule has 0 spiro atoms. The molecule has 1 aliphatic rings. The Morgan fingerprint density at radius 2 is 2.17 bits per heavy atom. The van der Waals surface area contributed by atoms with E-state index in [1.165, 1.54) is 12.8 Å². The number of hydrogen-bond donors (Lipinski definition) is 0. The number of rotatable bonds is 3. The van der Waals surface area contributed by atoms with Gasteiger partial charge in [0.25, 0.3) is 0 Å². The van der Waals surface area contributed by atoms with E-state index in [2.05, 4.69) is 10.2 Å². The summed E-state index contributed by atoms with van der Waals surface area (Å²) in [7, 11) is 1.86. The largest absolute Gasteiger partial charge is 0.298 e. The fourth-order valence-corrected chi connectivity index (χ4v) is 2.65. The van der Waals surface area contributed by atoms with Crippen LogP contribution >= 0.6 is 0 Å². The molecule has 2 aromatic rings. The van der Waals surface area contributed by atoms with Crippen molar-refractivity contribution in [2.45, 2.75) is 31.7 Å². The first-order valence-electron chi connectivity index (χ1n) is 6.32. The summed E-state index contributed by atoms with van der Waals surface area (Å²) in [6.07, 6.45) is 9.28. The van der Waals surface area contributed by atoms with E-state index in [-0.39, 0.29) is 0 Å². The molecule has 0 amide bonds. The molecule has 1 aliphatic carbocycles. The van der Waals surface area contributed by atoms with Crippen molar-refractivity contribution < 1.29 is 4.79 Å². The predicted molar refractivity (Wildman–Crippen MR) is 67.3 cm³/mol. The molecule has 1 saturated carbocycles. The van der Waals surface area contributed by atoms with E-state index < -0.39 is 0 Å². The average molecular weight is 244 g/mol. The number of carbonyl (C=O) groups is 1. The van der Waals surface area contributed by atoms with Crippen LogP contribution in [0.1, 0.15) is 42.1 Å². The third-order valence-electron chi connectivity index (χ3n) is 3.65. The maximum Gasteiger partial charge on any atom is 0.153 e. The van der Waals surface area contributed by atoms with Crippen LogP contribution in [0.25, 0.3) is 11.4 Å². The van der Waals surface area contributed by atoms with Crippen LogP contribution in [0.5, 0.6) is 0 Å². The van der Waals surface area contributed by atoms with Crippen LogP contribution in [0.15, 0.2) is 18.5 Å². The summed E-state index contributed by atoms with van der Waals surface area (Å²) in [5, 5.41) is 8.72. The second-order valence-electron chi connectivity index (χ2n) is 4.81. The summed E-state index contributed by atoms with van der Waals surface area (Å²) in [5.41, 5.74) is 2.26. The summed E-state index contributed by atoms with van der Waals surface area (Å²) < 4.78 is 3.70. The Balaban J connectivity index is 2.03. The van der Waals surface area contributed by atoms with E-state index in [9.17, 15) is 4.79 Å². The van der Waals surface area contributed by atoms with Gasteiger partial charge >= 0.3 is 0 Å². The molecule has 0 bridgehead atoms. The summed E-state index contributed by atoms with van der Waals surface area (Å²) >= 11 is 0. The Morgan fingerprint density at radius 3 is 2.78 bits per heavy atom. The maximum absolute atomic E-state index is 11.2. The Morgan fingerprint density at radius 1 is 1.39 bits per heavy atom. The van der Waals surface area contributed by atoms with Gasteiger partial charge in [0.2, 0.25) is 0 Å². The van der Waals surface area contributed by atoms with Crippen molar-refractivity contribution >= 4 is 6.29 Å². The average Bonchev–Trinajstić information content (AvgIpc) is 3.07. The molecule has 0 radical (unpaired) electrons. The lowest BCUT2D eigenvalue weighted by Crippen LogP contribution is -2.05. The molecule has 18 heavy (non-hydrogen) atoms. The van der Waals surface area contributed by atoms with Crippen molar-refractivity contribution in [3.63, 3.8) is 0 Å². The molecule has 0 aromatic carbocycles. The molecule has 0 atom stereocenters. The molecule has 0 N–H and O–H groups in total. The quantitative estimate of drug-likeness (QED) is 0.778. The minimum absolute atomic E-state index is 0.450. The molecule has 0 unspecified atom stereocenters. The zero-order chi connectivity index (χ0) is 12.5. The van der Waals surface area contributed by atoms with E-state index in [1.54, 1.807) is 10.9 Å². The fourth-order valence-electron chi connectivity index (χ4n) is 2.65. The van der Waals surface area contributed by atoms with Crippen molar-refractivity contribution in [3.8, 4) is 11.4 Å². The zero-order valence-electron chi connectivity index (χ0n) is 10.4. The summed E-state index contributed by atoms with van der Waals surface area (Å²) in [4.78, 5) is 11.2. The van der Waals surface area contributed by atoms with Crippen molar-refractivity contribution in [3.05, 3.63) is 24.0 Å². The highest BCUT2D eigenvalue weighted by molar-refractivity contribution is 5.84. The first-order chi connectivity index (χ1) is 8.79. The molecule has 0 aliphatic heterocycles. The van der Waals surface area contributed by atoms with Gasteiger partial charge in [0.15, 0.2) is 6.29 Å². The highest BCUT2D eigenvalue weighted by Crippen LogP contribution is 2.31. The lowest BCUT2D eigenvalue weighted by molar-refractivity contribution is 0.112. The first kappa shape index (κ1) is 11.2. The maximum atomic E-state index is 11.2. The summed E-state index contributed by atoms with van der Waals surface area (Å²) in [5.74, 6) is 0. The van der Waals surface area contributed by atoms with Gasteiger partial charge in [0, 0.05) is 19.4 Å². The number of carbonyl (C=O) groups excluding carboxylic acids is 1. The molecule has 2 aromatic heterocycles. The Hall–Kier alpha value is -1.91. The second-order valence-corrected chi connectivity index (χ2v) is 4.81. The summed E-state index contributed by atoms with van der Waals surface area (Å²) in [6, 6.07) is 2.33. The van der Waals surface area contributed by atoms with Gasteiger partial charge in [0.1, 0.15) is 5.69 Å². The van der Waals surface area contributed by atoms with Crippen LogP contribution in [0.4, 0.5) is 0 Å². The molecule has 1 fully saturated rings. The Kier molecular flexibility index (Phi) is 2.74. The number of nitrogens with zero attached hydrogens (tertiary/aromatic N) is 4. The SMILES string of the molecule is Cn1nccc1-c1nn(C2CCCC2)cc1C=O. The number of aryl methyl sites for hydroxylation is 1. The fraction of sp³-hybridized carbons (Fsp3) is 0.462. The van der Waals surface area contributed by atoms with E-state index >= 15 is 0 Å². The van der Waals surface area contributed by atoms with Gasteiger partial charge in [-0.15, -0.1) is 0 Å². The van der Waals surface area contributed by atoms with E-state index in [0.29, 0.717) is 11.6 Å². The molecular weight excluding hydrogens is 228 g/mol. The van der Waals surface area contributed by atoms with Crippen molar-refractivity contribution in [2.75, 3.05) is 0 Å². The van der Waals surface area contributed by atoms with Gasteiger partial charge in [-0.05, 0) is 18.9 Å². The van der Waals surface area contributed by atoms with Crippen LogP contribution < -0.4 is 0 Å². The topological polar surface area (TPSA) is 52.7 Å². The van der Waals surface area contributed by atoms with Crippen LogP contribution in [0.2, 0.25) is 0 Å². The van der Waals surface area contributed by atoms with E-state index in [4.69, 9.17) is 0 Å². The lowest BCUT2D eigenvalue weighted by atomic mass is 10.2. The van der Waals surface area contributed by atoms with Crippen LogP contribution in [0.3, 0.4) is 0 Å². The Labute approximate surface area is 105 Å². The van der Waals surface area contributed by atoms with Crippen LogP contribution in [-0.2, 0) is 7.05 Å². The van der Waals surface area contributed by atoms with Gasteiger partial charge in [-0.2, -0.15) is 10.2 Å². The van der Waals surface area contributed by atoms with Gasteiger partial charge < -0.3 is 0 Å². The van der Waals surface area contributed by atoms with Gasteiger partial charge in [-0.25, -0.2) is 0 Å². The minimum atomic E-state index is 0.450. The van der Waals surface area contributed by atoms with Crippen LogP contribution in [-0.4, -0.2) is 25.8 Å². The third-order valence-corrected chi connectivity index (χ3v) is 3.65. The third kappa shape index (κ3) is 1.75. The number of aldehydes is 1. The lowest BCUT2D eigenvalue weighted by Gasteiger charge is -2.08. The monoisotopic (exact) mass is 244 g/mol. The van der Waals surface area contributed by atoms with Crippen molar-refractivity contribution in [1.82, 2.24) is 19.6 Å². The van der Waals surface area contributed by atoms with Crippen LogP contribution in [0, 0.1) is 0 Å². The van der Waals surface area contributed by atoms with Crippen molar-refractivity contribution in [1.29, 1.82) is 0 Å². The zero-order valence-corrected chi connectivity index (χ0v) is 10.4. The number of hydrogen-bond acceptors (Lipinski definition) is 3. The van der Waals surface area contributed by atoms with Gasteiger partial charge in [-0.1, -0.05) is 12.8 Å². The molecule has 5 heteroatoms. The molecule has 94 valence electrons. The first-order valence-corrected chi connectivity index (χ1v) is 6.32. The number of aromatic nitrogens is 4. The minimum Gasteiger partial charge on any atom is -0.298 e. The highest BCUT2D eigenvalue weighted by Gasteiger charge is 2.21. The van der Waals surface area contributed by atoms with Gasteiger partial charge in [-0.3, -0.25) is 14.2 Å². The molecule has 2 heterocycles. The predicted octanol–water partition coefficient (Wildman–Crippen LogP) is 2.21. The molecule has 0 saturated heterocycles. The molecular formula is C13H16N4O. The van der Waals surface area contributed by atoms with Crippen molar-refractivity contribution in [2.24, 2.45) is 7.05 Å².